The second-order valence-corrected chi connectivity index (χ2v) is 8.24. The summed E-state index contributed by atoms with van der Waals surface area (Å²) in [5.41, 5.74) is 0. The van der Waals surface area contributed by atoms with Crippen molar-refractivity contribution in [1.29, 1.82) is 0 Å². The Hall–Kier alpha value is -1.32. The molecule has 5 heteroatoms. The molecular formula is C14H16O4Se. The molecule has 2 rings (SSSR count). The second-order valence-electron chi connectivity index (χ2n) is 4.75. The molecule has 19 heavy (non-hydrogen) atoms. The number of esters is 2. The Kier molecular flexibility index (Phi) is 4.27. The number of carbonyl (C=O) groups excluding carboxylic acids is 2. The molecule has 4 nitrogen and oxygen atoms in total. The van der Waals surface area contributed by atoms with E-state index in [0.29, 0.717) is 13.0 Å². The van der Waals surface area contributed by atoms with Crippen LogP contribution in [0.15, 0.2) is 30.3 Å². The van der Waals surface area contributed by atoms with E-state index in [1.54, 1.807) is 0 Å². The Labute approximate surface area is 118 Å². The van der Waals surface area contributed by atoms with Crippen LogP contribution in [-0.2, 0) is 19.1 Å². The zero-order chi connectivity index (χ0) is 13.9. The van der Waals surface area contributed by atoms with E-state index in [4.69, 9.17) is 4.74 Å². The Morgan fingerprint density at radius 3 is 2.74 bits per heavy atom. The van der Waals surface area contributed by atoms with Gasteiger partial charge in [0.15, 0.2) is 0 Å². The average Bonchev–Trinajstić information content (AvgIpc) is 2.42. The summed E-state index contributed by atoms with van der Waals surface area (Å²) in [5.74, 6) is -1.75. The summed E-state index contributed by atoms with van der Waals surface area (Å²) in [6.45, 7) is 2.43. The van der Waals surface area contributed by atoms with Crippen LogP contribution < -0.4 is 4.46 Å². The van der Waals surface area contributed by atoms with E-state index in [-0.39, 0.29) is 19.3 Å². The zero-order valence-electron chi connectivity index (χ0n) is 10.9. The molecule has 1 saturated heterocycles. The molecular weight excluding hydrogens is 311 g/mol. The van der Waals surface area contributed by atoms with E-state index in [0.717, 1.165) is 0 Å². The number of carbonyl (C=O) groups is 2. The molecule has 0 N–H and O–H groups in total. The molecule has 0 aromatic heterocycles. The summed E-state index contributed by atoms with van der Waals surface area (Å²) in [6.07, 6.45) is 0.493. The summed E-state index contributed by atoms with van der Waals surface area (Å²) in [7, 11) is 1.30. The summed E-state index contributed by atoms with van der Waals surface area (Å²) < 4.78 is 10.9. The fraction of sp³-hybridized carbons (Fsp3) is 0.429. The zero-order valence-corrected chi connectivity index (χ0v) is 12.6. The minimum absolute atomic E-state index is 0.140. The molecule has 0 spiro atoms. The van der Waals surface area contributed by atoms with Crippen molar-refractivity contribution in [3.8, 4) is 0 Å². The molecule has 1 aliphatic rings. The van der Waals surface area contributed by atoms with Gasteiger partial charge in [0.25, 0.3) is 0 Å². The van der Waals surface area contributed by atoms with Gasteiger partial charge in [0.2, 0.25) is 0 Å². The Morgan fingerprint density at radius 2 is 2.11 bits per heavy atom. The van der Waals surface area contributed by atoms with Crippen LogP contribution in [0.2, 0.25) is 4.31 Å². The molecule has 0 aliphatic carbocycles. The summed E-state index contributed by atoms with van der Waals surface area (Å²) in [6, 6.07) is 10.1. The van der Waals surface area contributed by atoms with Crippen molar-refractivity contribution in [3.63, 3.8) is 0 Å². The second kappa shape index (κ2) is 5.76. The van der Waals surface area contributed by atoms with Crippen molar-refractivity contribution >= 4 is 31.4 Å². The number of ether oxygens (including phenoxy) is 2. The van der Waals surface area contributed by atoms with Gasteiger partial charge in [0.1, 0.15) is 0 Å². The van der Waals surface area contributed by atoms with Crippen LogP contribution in [0.3, 0.4) is 0 Å². The van der Waals surface area contributed by atoms with Crippen molar-refractivity contribution in [3.05, 3.63) is 30.3 Å². The topological polar surface area (TPSA) is 52.6 Å². The first-order valence-corrected chi connectivity index (χ1v) is 7.74. The fourth-order valence-electron chi connectivity index (χ4n) is 2.06. The summed E-state index contributed by atoms with van der Waals surface area (Å²) >= 11 is 0.140. The van der Waals surface area contributed by atoms with Crippen molar-refractivity contribution < 1.29 is 19.1 Å². The maximum absolute atomic E-state index is 11.6. The van der Waals surface area contributed by atoms with Crippen molar-refractivity contribution in [2.24, 2.45) is 5.92 Å². The van der Waals surface area contributed by atoms with Gasteiger partial charge in [-0.2, -0.15) is 0 Å². The van der Waals surface area contributed by atoms with Gasteiger partial charge >= 0.3 is 118 Å². The van der Waals surface area contributed by atoms with Gasteiger partial charge in [-0.15, -0.1) is 0 Å². The molecule has 0 bridgehead atoms. The summed E-state index contributed by atoms with van der Waals surface area (Å²) in [5, 5.41) is 0. The molecule has 102 valence electrons. The molecule has 2 atom stereocenters. The van der Waals surface area contributed by atoms with Gasteiger partial charge in [-0.05, 0) is 0 Å². The molecule has 1 aliphatic heterocycles. The number of rotatable bonds is 3. The van der Waals surface area contributed by atoms with Gasteiger partial charge in [-0.25, -0.2) is 0 Å². The third kappa shape index (κ3) is 3.37. The van der Waals surface area contributed by atoms with Crippen LogP contribution >= 0.6 is 0 Å². The Morgan fingerprint density at radius 1 is 1.42 bits per heavy atom. The number of hydrogen-bond donors (Lipinski definition) is 0. The SMILES string of the molecule is COC(=O)C1CC(C)([Se]c2ccccc2)COC1=O. The van der Waals surface area contributed by atoms with Crippen LogP contribution in [0, 0.1) is 5.92 Å². The predicted octanol–water partition coefficient (Wildman–Crippen LogP) is 0.931. The van der Waals surface area contributed by atoms with Crippen LogP contribution in [-0.4, -0.2) is 40.6 Å². The first kappa shape index (κ1) is 14.1. The minimum atomic E-state index is -0.783. The quantitative estimate of drug-likeness (QED) is 0.471. The van der Waals surface area contributed by atoms with Crippen LogP contribution in [0.1, 0.15) is 13.3 Å². The monoisotopic (exact) mass is 328 g/mol. The first-order chi connectivity index (χ1) is 9.04. The van der Waals surface area contributed by atoms with Crippen molar-refractivity contribution in [2.45, 2.75) is 17.7 Å². The Balaban J connectivity index is 2.11. The number of hydrogen-bond acceptors (Lipinski definition) is 4. The predicted molar refractivity (Wildman–Crippen MR) is 71.3 cm³/mol. The number of methoxy groups -OCH3 is 1. The van der Waals surface area contributed by atoms with Gasteiger partial charge in [0, 0.05) is 0 Å². The molecule has 1 fully saturated rings. The van der Waals surface area contributed by atoms with E-state index < -0.39 is 17.9 Å². The van der Waals surface area contributed by atoms with E-state index in [9.17, 15) is 9.59 Å². The van der Waals surface area contributed by atoms with E-state index >= 15 is 0 Å². The molecule has 0 amide bonds. The molecule has 0 saturated carbocycles. The summed E-state index contributed by atoms with van der Waals surface area (Å²) in [4.78, 5) is 23.2. The normalized spacial score (nSPS) is 26.6. The van der Waals surface area contributed by atoms with E-state index in [1.807, 2.05) is 18.2 Å². The fourth-order valence-corrected chi connectivity index (χ4v) is 4.65. The van der Waals surface area contributed by atoms with Crippen LogP contribution in [0.4, 0.5) is 0 Å². The molecule has 2 unspecified atom stereocenters. The van der Waals surface area contributed by atoms with Gasteiger partial charge in [-0.3, -0.25) is 0 Å². The Bertz CT molecular complexity index is 466. The molecule has 1 heterocycles. The molecule has 1 aromatic carbocycles. The molecule has 1 aromatic rings. The van der Waals surface area contributed by atoms with Crippen molar-refractivity contribution in [1.82, 2.24) is 0 Å². The average molecular weight is 327 g/mol. The van der Waals surface area contributed by atoms with Crippen molar-refractivity contribution in [2.75, 3.05) is 13.7 Å². The first-order valence-electron chi connectivity index (χ1n) is 6.03. The van der Waals surface area contributed by atoms with E-state index in [1.165, 1.54) is 11.6 Å². The number of cyclic esters (lactones) is 1. The van der Waals surface area contributed by atoms with Gasteiger partial charge in [-0.1, -0.05) is 0 Å². The van der Waals surface area contributed by atoms with E-state index in [2.05, 4.69) is 23.8 Å². The third-order valence-corrected chi connectivity index (χ3v) is 5.73. The van der Waals surface area contributed by atoms with Crippen LogP contribution in [0.5, 0.6) is 0 Å². The molecule has 0 radical (unpaired) electrons. The third-order valence-electron chi connectivity index (χ3n) is 3.03. The van der Waals surface area contributed by atoms with Gasteiger partial charge in [0.05, 0.1) is 0 Å². The number of benzene rings is 1. The standard InChI is InChI=1S/C14H16O4Se/c1-14(19-10-6-4-3-5-7-10)8-11(12(15)17-2)13(16)18-9-14/h3-7,11H,8-9H2,1-2H3. The van der Waals surface area contributed by atoms with Crippen LogP contribution in [0.25, 0.3) is 0 Å². The maximum atomic E-state index is 11.6. The van der Waals surface area contributed by atoms with Gasteiger partial charge < -0.3 is 0 Å².